The van der Waals surface area contributed by atoms with E-state index in [0.29, 0.717) is 11.5 Å². The van der Waals surface area contributed by atoms with Crippen LogP contribution in [0.25, 0.3) is 0 Å². The van der Waals surface area contributed by atoms with Gasteiger partial charge in [0.1, 0.15) is 11.5 Å². The van der Waals surface area contributed by atoms with E-state index in [4.69, 9.17) is 0 Å². The Hall–Kier alpha value is -1.96. The highest BCUT2D eigenvalue weighted by atomic mass is 16.3. The molecule has 0 heterocycles. The summed E-state index contributed by atoms with van der Waals surface area (Å²) in [7, 11) is 0. The third-order valence-corrected chi connectivity index (χ3v) is 5.64. The Balaban J connectivity index is 2.70. The van der Waals surface area contributed by atoms with Crippen molar-refractivity contribution in [3.05, 3.63) is 58.7 Å². The van der Waals surface area contributed by atoms with Crippen molar-refractivity contribution in [1.82, 2.24) is 0 Å². The first kappa shape index (κ1) is 20.4. The molecular formula is C24H34O2. The van der Waals surface area contributed by atoms with Gasteiger partial charge in [-0.15, -0.1) is 0 Å². The molecule has 0 atom stereocenters. The molecule has 0 saturated heterocycles. The lowest BCUT2D eigenvalue weighted by molar-refractivity contribution is 0.391. The van der Waals surface area contributed by atoms with Gasteiger partial charge in [-0.3, -0.25) is 0 Å². The van der Waals surface area contributed by atoms with Gasteiger partial charge in [0.25, 0.3) is 0 Å². The van der Waals surface area contributed by atoms with Crippen LogP contribution in [-0.4, -0.2) is 10.2 Å². The lowest BCUT2D eigenvalue weighted by Gasteiger charge is -2.38. The van der Waals surface area contributed by atoms with Crippen molar-refractivity contribution in [2.45, 2.75) is 78.1 Å². The van der Waals surface area contributed by atoms with E-state index in [1.807, 2.05) is 24.3 Å². The Morgan fingerprint density at radius 1 is 0.692 bits per heavy atom. The molecule has 0 aliphatic heterocycles. The van der Waals surface area contributed by atoms with Crippen LogP contribution in [0.5, 0.6) is 11.5 Å². The Morgan fingerprint density at radius 3 is 1.62 bits per heavy atom. The summed E-state index contributed by atoms with van der Waals surface area (Å²) < 4.78 is 0. The summed E-state index contributed by atoms with van der Waals surface area (Å²) in [4.78, 5) is 0. The van der Waals surface area contributed by atoms with E-state index in [0.717, 1.165) is 32.1 Å². The Labute approximate surface area is 158 Å². The number of aromatic hydroxyl groups is 2. The fraction of sp³-hybridized carbons (Fsp3) is 0.500. The lowest BCUT2D eigenvalue weighted by Crippen LogP contribution is -2.30. The summed E-state index contributed by atoms with van der Waals surface area (Å²) in [6, 6.07) is 11.5. The Bertz CT molecular complexity index is 667. The monoisotopic (exact) mass is 354 g/mol. The SMILES string of the molecule is CCCCCC(CCCC)(c1cc(O)ccc1C)c1cc(O)ccc1C. The second kappa shape index (κ2) is 9.12. The van der Waals surface area contributed by atoms with E-state index in [-0.39, 0.29) is 5.41 Å². The molecule has 0 fully saturated rings. The second-order valence-corrected chi connectivity index (χ2v) is 7.64. The van der Waals surface area contributed by atoms with Crippen LogP contribution in [0.3, 0.4) is 0 Å². The summed E-state index contributed by atoms with van der Waals surface area (Å²) in [6.07, 6.45) is 7.84. The topological polar surface area (TPSA) is 40.5 Å². The zero-order valence-electron chi connectivity index (χ0n) is 16.8. The summed E-state index contributed by atoms with van der Waals surface area (Å²) >= 11 is 0. The Kier molecular flexibility index (Phi) is 7.14. The summed E-state index contributed by atoms with van der Waals surface area (Å²) in [5.74, 6) is 0.638. The van der Waals surface area contributed by atoms with E-state index in [1.165, 1.54) is 35.1 Å². The summed E-state index contributed by atoms with van der Waals surface area (Å²) in [5.41, 5.74) is 4.65. The lowest BCUT2D eigenvalue weighted by atomic mass is 9.65. The van der Waals surface area contributed by atoms with Crippen LogP contribution in [0, 0.1) is 13.8 Å². The molecular weight excluding hydrogens is 320 g/mol. The number of aryl methyl sites for hydroxylation is 2. The van der Waals surface area contributed by atoms with Gasteiger partial charge in [-0.05, 0) is 73.2 Å². The molecule has 2 rings (SSSR count). The average Bonchev–Trinajstić information content (AvgIpc) is 2.62. The second-order valence-electron chi connectivity index (χ2n) is 7.64. The highest BCUT2D eigenvalue weighted by Gasteiger charge is 2.36. The molecule has 142 valence electrons. The number of phenols is 2. The molecule has 0 aromatic heterocycles. The van der Waals surface area contributed by atoms with E-state index < -0.39 is 0 Å². The van der Waals surface area contributed by atoms with Crippen molar-refractivity contribution in [3.63, 3.8) is 0 Å². The summed E-state index contributed by atoms with van der Waals surface area (Å²) in [5, 5.41) is 20.4. The van der Waals surface area contributed by atoms with Crippen LogP contribution in [0.2, 0.25) is 0 Å². The molecule has 26 heavy (non-hydrogen) atoms. The molecule has 0 radical (unpaired) electrons. The fourth-order valence-corrected chi connectivity index (χ4v) is 4.22. The molecule has 0 bridgehead atoms. The number of rotatable bonds is 9. The molecule has 0 spiro atoms. The quantitative estimate of drug-likeness (QED) is 0.488. The van der Waals surface area contributed by atoms with Gasteiger partial charge in [0.15, 0.2) is 0 Å². The van der Waals surface area contributed by atoms with Gasteiger partial charge in [-0.1, -0.05) is 58.1 Å². The first-order chi connectivity index (χ1) is 12.4. The highest BCUT2D eigenvalue weighted by Crippen LogP contribution is 2.46. The highest BCUT2D eigenvalue weighted by molar-refractivity contribution is 5.50. The van der Waals surface area contributed by atoms with Crippen molar-refractivity contribution in [2.24, 2.45) is 0 Å². The van der Waals surface area contributed by atoms with Gasteiger partial charge >= 0.3 is 0 Å². The first-order valence-corrected chi connectivity index (χ1v) is 10.0. The van der Waals surface area contributed by atoms with Crippen LogP contribution in [0.4, 0.5) is 0 Å². The maximum atomic E-state index is 10.2. The van der Waals surface area contributed by atoms with Crippen LogP contribution in [-0.2, 0) is 5.41 Å². The number of benzene rings is 2. The van der Waals surface area contributed by atoms with Crippen molar-refractivity contribution in [3.8, 4) is 11.5 Å². The van der Waals surface area contributed by atoms with Crippen molar-refractivity contribution in [2.75, 3.05) is 0 Å². The standard InChI is InChI=1S/C24H34O2/c1-5-7-9-15-24(14-8-6-2,22-16-20(25)12-10-18(22)3)23-17-21(26)13-11-19(23)4/h10-13,16-17,25-26H,5-9,14-15H2,1-4H3. The molecule has 2 aromatic carbocycles. The minimum Gasteiger partial charge on any atom is -0.508 e. The van der Waals surface area contributed by atoms with E-state index >= 15 is 0 Å². The fourth-order valence-electron chi connectivity index (χ4n) is 4.22. The molecule has 0 aliphatic carbocycles. The molecule has 2 nitrogen and oxygen atoms in total. The zero-order valence-corrected chi connectivity index (χ0v) is 16.8. The van der Waals surface area contributed by atoms with Crippen molar-refractivity contribution in [1.29, 1.82) is 0 Å². The zero-order chi connectivity index (χ0) is 19.2. The Morgan fingerprint density at radius 2 is 1.15 bits per heavy atom. The van der Waals surface area contributed by atoms with E-state index in [2.05, 4.69) is 27.7 Å². The normalized spacial score (nSPS) is 11.7. The van der Waals surface area contributed by atoms with Gasteiger partial charge in [-0.2, -0.15) is 0 Å². The third kappa shape index (κ3) is 4.41. The summed E-state index contributed by atoms with van der Waals surface area (Å²) in [6.45, 7) is 8.72. The maximum absolute atomic E-state index is 10.2. The average molecular weight is 355 g/mol. The van der Waals surface area contributed by atoms with Crippen LogP contribution < -0.4 is 0 Å². The predicted octanol–water partition coefficient (Wildman–Crippen LogP) is 6.77. The first-order valence-electron chi connectivity index (χ1n) is 10.0. The largest absolute Gasteiger partial charge is 0.508 e. The molecule has 0 saturated carbocycles. The molecule has 2 N–H and O–H groups in total. The van der Waals surface area contributed by atoms with Gasteiger partial charge in [0, 0.05) is 5.41 Å². The van der Waals surface area contributed by atoms with Crippen LogP contribution in [0.15, 0.2) is 36.4 Å². The number of hydrogen-bond acceptors (Lipinski definition) is 2. The molecule has 0 amide bonds. The van der Waals surface area contributed by atoms with Crippen LogP contribution in [0.1, 0.15) is 81.0 Å². The maximum Gasteiger partial charge on any atom is 0.115 e. The van der Waals surface area contributed by atoms with Gasteiger partial charge < -0.3 is 10.2 Å². The molecule has 0 aliphatic rings. The smallest absolute Gasteiger partial charge is 0.115 e. The number of phenolic OH excluding ortho intramolecular Hbond substituents is 2. The third-order valence-electron chi connectivity index (χ3n) is 5.64. The molecule has 2 heteroatoms. The number of hydrogen-bond donors (Lipinski definition) is 2. The number of unbranched alkanes of at least 4 members (excludes halogenated alkanes) is 3. The molecule has 0 unspecified atom stereocenters. The van der Waals surface area contributed by atoms with Crippen molar-refractivity contribution < 1.29 is 10.2 Å². The van der Waals surface area contributed by atoms with Crippen LogP contribution >= 0.6 is 0 Å². The van der Waals surface area contributed by atoms with E-state index in [9.17, 15) is 10.2 Å². The van der Waals surface area contributed by atoms with Gasteiger partial charge in [0.2, 0.25) is 0 Å². The predicted molar refractivity (Wildman–Crippen MR) is 110 cm³/mol. The van der Waals surface area contributed by atoms with Gasteiger partial charge in [0.05, 0.1) is 0 Å². The van der Waals surface area contributed by atoms with E-state index in [1.54, 1.807) is 12.1 Å². The van der Waals surface area contributed by atoms with Crippen molar-refractivity contribution >= 4 is 0 Å². The minimum atomic E-state index is -0.170. The minimum absolute atomic E-state index is 0.170. The molecule has 2 aromatic rings. The van der Waals surface area contributed by atoms with Gasteiger partial charge in [-0.25, -0.2) is 0 Å².